The van der Waals surface area contributed by atoms with Gasteiger partial charge < -0.3 is 19.2 Å². The number of likely N-dealkylation sites (tertiary alicyclic amines) is 2. The second-order valence-electron chi connectivity index (χ2n) is 9.67. The summed E-state index contributed by atoms with van der Waals surface area (Å²) >= 11 is 0. The van der Waals surface area contributed by atoms with Gasteiger partial charge in [-0.15, -0.1) is 0 Å². The largest absolute Gasteiger partial charge is 0.341 e. The molecule has 9 heteroatoms. The summed E-state index contributed by atoms with van der Waals surface area (Å²) in [5.74, 6) is 0.980. The lowest BCUT2D eigenvalue weighted by Gasteiger charge is -2.37. The molecule has 2 saturated heterocycles. The van der Waals surface area contributed by atoms with Crippen molar-refractivity contribution in [2.24, 2.45) is 11.3 Å². The molecule has 3 heterocycles. The van der Waals surface area contributed by atoms with Gasteiger partial charge in [-0.2, -0.15) is 4.98 Å². The zero-order valence-corrected chi connectivity index (χ0v) is 19.4. The van der Waals surface area contributed by atoms with Crippen LogP contribution < -0.4 is 0 Å². The van der Waals surface area contributed by atoms with Gasteiger partial charge in [0.05, 0.1) is 18.5 Å². The second kappa shape index (κ2) is 9.36. The molecular weight excluding hydrogens is 398 g/mol. The Bertz CT molecular complexity index is 815. The van der Waals surface area contributed by atoms with Crippen LogP contribution in [0.2, 0.25) is 0 Å². The number of aromatic nitrogens is 2. The minimum Gasteiger partial charge on any atom is -0.341 e. The Hall–Kier alpha value is -2.45. The van der Waals surface area contributed by atoms with Crippen molar-refractivity contribution >= 4 is 17.7 Å². The number of amides is 3. The van der Waals surface area contributed by atoms with Crippen LogP contribution in [0.1, 0.15) is 65.6 Å². The van der Waals surface area contributed by atoms with E-state index < -0.39 is 5.41 Å². The molecule has 0 bridgehead atoms. The maximum atomic E-state index is 13.2. The molecule has 9 nitrogen and oxygen atoms in total. The fraction of sp³-hybridized carbons (Fsp3) is 0.773. The van der Waals surface area contributed by atoms with Crippen LogP contribution in [-0.4, -0.2) is 74.8 Å². The van der Waals surface area contributed by atoms with Crippen molar-refractivity contribution in [2.45, 2.75) is 72.9 Å². The number of aryl methyl sites for hydroxylation is 1. The minimum absolute atomic E-state index is 0.0678. The van der Waals surface area contributed by atoms with Crippen LogP contribution in [0.15, 0.2) is 4.52 Å². The van der Waals surface area contributed by atoms with E-state index >= 15 is 0 Å². The molecule has 2 aliphatic heterocycles. The number of hydrogen-bond donors (Lipinski definition) is 0. The first kappa shape index (κ1) is 23.2. The first-order valence-corrected chi connectivity index (χ1v) is 11.3. The van der Waals surface area contributed by atoms with Crippen molar-refractivity contribution in [3.63, 3.8) is 0 Å². The van der Waals surface area contributed by atoms with Crippen LogP contribution in [0.4, 0.5) is 0 Å². The van der Waals surface area contributed by atoms with Gasteiger partial charge in [0.1, 0.15) is 0 Å². The van der Waals surface area contributed by atoms with Gasteiger partial charge in [0.2, 0.25) is 23.6 Å². The van der Waals surface area contributed by atoms with E-state index in [4.69, 9.17) is 4.52 Å². The Labute approximate surface area is 184 Å². The Balaban J connectivity index is 1.61. The molecule has 0 aromatic carbocycles. The molecule has 0 aliphatic carbocycles. The highest BCUT2D eigenvalue weighted by atomic mass is 16.5. The van der Waals surface area contributed by atoms with Gasteiger partial charge in [-0.3, -0.25) is 14.4 Å². The molecule has 2 atom stereocenters. The van der Waals surface area contributed by atoms with Crippen molar-refractivity contribution in [3.05, 3.63) is 11.7 Å². The minimum atomic E-state index is -0.446. The normalized spacial score (nSPS) is 22.0. The lowest BCUT2D eigenvalue weighted by Crippen LogP contribution is -2.49. The van der Waals surface area contributed by atoms with E-state index in [0.29, 0.717) is 44.3 Å². The number of carbonyl (C=O) groups excluding carboxylic acids is 3. The number of nitrogens with zero attached hydrogens (tertiary/aromatic N) is 5. The monoisotopic (exact) mass is 433 g/mol. The Morgan fingerprint density at radius 2 is 1.87 bits per heavy atom. The predicted molar refractivity (Wildman–Crippen MR) is 114 cm³/mol. The van der Waals surface area contributed by atoms with Crippen LogP contribution >= 0.6 is 0 Å². The molecule has 0 N–H and O–H groups in total. The Morgan fingerprint density at radius 1 is 1.13 bits per heavy atom. The van der Waals surface area contributed by atoms with Crippen molar-refractivity contribution in [1.29, 1.82) is 0 Å². The predicted octanol–water partition coefficient (Wildman–Crippen LogP) is 1.87. The maximum Gasteiger partial charge on any atom is 0.227 e. The summed E-state index contributed by atoms with van der Waals surface area (Å²) in [6.07, 6.45) is 3.01. The summed E-state index contributed by atoms with van der Waals surface area (Å²) in [6, 6.07) is -0.0686. The first-order valence-electron chi connectivity index (χ1n) is 11.3. The quantitative estimate of drug-likeness (QED) is 0.703. The molecule has 0 radical (unpaired) electrons. The Kier molecular flexibility index (Phi) is 7.01. The van der Waals surface area contributed by atoms with Gasteiger partial charge >= 0.3 is 0 Å². The highest BCUT2D eigenvalue weighted by Gasteiger charge is 2.38. The zero-order valence-electron chi connectivity index (χ0n) is 19.4. The van der Waals surface area contributed by atoms with E-state index in [9.17, 15) is 14.4 Å². The van der Waals surface area contributed by atoms with E-state index in [1.807, 2.05) is 37.5 Å². The van der Waals surface area contributed by atoms with Gasteiger partial charge in [0.15, 0.2) is 5.82 Å². The molecule has 2 aliphatic rings. The second-order valence-corrected chi connectivity index (χ2v) is 9.67. The third-order valence-electron chi connectivity index (χ3n) is 6.14. The summed E-state index contributed by atoms with van der Waals surface area (Å²) in [5, 5.41) is 3.95. The van der Waals surface area contributed by atoms with Gasteiger partial charge in [-0.05, 0) is 19.3 Å². The van der Waals surface area contributed by atoms with Crippen LogP contribution in [-0.2, 0) is 27.3 Å². The molecular formula is C22H35N5O4. The van der Waals surface area contributed by atoms with Gasteiger partial charge in [-0.1, -0.05) is 32.9 Å². The average Bonchev–Trinajstić information content (AvgIpc) is 3.39. The number of hydrogen-bond acceptors (Lipinski definition) is 6. The third kappa shape index (κ3) is 5.43. The summed E-state index contributed by atoms with van der Waals surface area (Å²) < 4.78 is 5.15. The van der Waals surface area contributed by atoms with E-state index in [-0.39, 0.29) is 36.2 Å². The molecule has 1 aromatic rings. The van der Waals surface area contributed by atoms with Crippen LogP contribution in [0.3, 0.4) is 0 Å². The highest BCUT2D eigenvalue weighted by Crippen LogP contribution is 2.27. The fourth-order valence-electron chi connectivity index (χ4n) is 4.44. The topological polar surface area (TPSA) is 99.9 Å². The highest BCUT2D eigenvalue weighted by molar-refractivity contribution is 5.84. The van der Waals surface area contributed by atoms with Gasteiger partial charge in [0, 0.05) is 44.9 Å². The summed E-state index contributed by atoms with van der Waals surface area (Å²) in [4.78, 5) is 47.9. The first-order chi connectivity index (χ1) is 14.6. The number of piperidine rings is 1. The molecule has 31 heavy (non-hydrogen) atoms. The number of carbonyl (C=O) groups is 3. The summed E-state index contributed by atoms with van der Waals surface area (Å²) in [7, 11) is 0. The van der Waals surface area contributed by atoms with E-state index in [0.717, 1.165) is 19.3 Å². The molecule has 0 unspecified atom stereocenters. The van der Waals surface area contributed by atoms with Crippen molar-refractivity contribution in [3.8, 4) is 0 Å². The van der Waals surface area contributed by atoms with E-state index in [1.54, 1.807) is 4.90 Å². The van der Waals surface area contributed by atoms with Crippen molar-refractivity contribution < 1.29 is 18.9 Å². The van der Waals surface area contributed by atoms with Gasteiger partial charge in [0.25, 0.3) is 0 Å². The molecule has 1 aromatic heterocycles. The average molecular weight is 434 g/mol. The van der Waals surface area contributed by atoms with Crippen molar-refractivity contribution in [2.75, 3.05) is 26.2 Å². The van der Waals surface area contributed by atoms with E-state index in [1.165, 1.54) is 6.92 Å². The Morgan fingerprint density at radius 3 is 2.48 bits per heavy atom. The maximum absolute atomic E-state index is 13.2. The fourth-order valence-corrected chi connectivity index (χ4v) is 4.44. The molecule has 172 valence electrons. The molecule has 0 spiro atoms. The molecule has 0 saturated carbocycles. The van der Waals surface area contributed by atoms with E-state index in [2.05, 4.69) is 10.1 Å². The lowest BCUT2D eigenvalue weighted by molar-refractivity contribution is -0.145. The number of rotatable bonds is 5. The van der Waals surface area contributed by atoms with Crippen molar-refractivity contribution in [1.82, 2.24) is 24.8 Å². The van der Waals surface area contributed by atoms with Gasteiger partial charge in [-0.25, -0.2) is 0 Å². The summed E-state index contributed by atoms with van der Waals surface area (Å²) in [5.41, 5.74) is -0.446. The smallest absolute Gasteiger partial charge is 0.227 e. The molecule has 3 amide bonds. The third-order valence-corrected chi connectivity index (χ3v) is 6.14. The summed E-state index contributed by atoms with van der Waals surface area (Å²) in [6.45, 7) is 11.8. The zero-order chi connectivity index (χ0) is 22.8. The van der Waals surface area contributed by atoms with Crippen LogP contribution in [0.5, 0.6) is 0 Å². The lowest BCUT2D eigenvalue weighted by atomic mass is 9.90. The molecule has 2 fully saturated rings. The molecule has 3 rings (SSSR count). The van der Waals surface area contributed by atoms with Crippen LogP contribution in [0, 0.1) is 11.3 Å². The standard InChI is InChI=1S/C22H35N5O4/c1-6-19-23-18(24-31-19)14-27(15(2)28)17-9-11-25(13-17)20(29)16-8-7-10-26(12-16)21(30)22(3,4)5/h16-17H,6-14H2,1-5H3/t16-,17-/m1/s1. The van der Waals surface area contributed by atoms with Crippen LogP contribution in [0.25, 0.3) is 0 Å². The SMILES string of the molecule is CCc1nc(CN(C(C)=O)[C@@H]2CCN(C(=O)[C@@H]3CCCN(C(=O)C(C)(C)C)C3)C2)no1.